The third-order valence-corrected chi connectivity index (χ3v) is 12.8. The Hall–Kier alpha value is 0.194. The Morgan fingerprint density at radius 1 is 0.636 bits per heavy atom. The van der Waals surface area contributed by atoms with Crippen LogP contribution in [0, 0.1) is 0 Å². The van der Waals surface area contributed by atoms with Gasteiger partial charge < -0.3 is 26.6 Å². The lowest BCUT2D eigenvalue weighted by atomic mass is 10.1. The standard InChI is InChI=1S/C14H34O6Si2/c1-9-10-11-12-13-14(2,21(15-3,16-4)17-5)22(18-6,19-7)20-8/h9-13H2,1-8H3. The van der Waals surface area contributed by atoms with Gasteiger partial charge >= 0.3 is 17.6 Å². The lowest BCUT2D eigenvalue weighted by Crippen LogP contribution is -2.68. The molecule has 8 heteroatoms. The summed E-state index contributed by atoms with van der Waals surface area (Å²) in [5.41, 5.74) is 0. The molecular formula is C14H34O6Si2. The smallest absolute Gasteiger partial charge is 0.377 e. The van der Waals surface area contributed by atoms with Crippen LogP contribution in [0.3, 0.4) is 0 Å². The van der Waals surface area contributed by atoms with Crippen LogP contribution in [0.5, 0.6) is 0 Å². The van der Waals surface area contributed by atoms with Gasteiger partial charge in [0.15, 0.2) is 0 Å². The van der Waals surface area contributed by atoms with Gasteiger partial charge in [-0.15, -0.1) is 0 Å². The molecule has 0 aliphatic carbocycles. The van der Waals surface area contributed by atoms with Crippen molar-refractivity contribution in [1.82, 2.24) is 0 Å². The van der Waals surface area contributed by atoms with E-state index in [9.17, 15) is 0 Å². The van der Waals surface area contributed by atoms with Crippen LogP contribution in [-0.2, 0) is 26.6 Å². The molecule has 0 aromatic carbocycles. The predicted octanol–water partition coefficient (Wildman–Crippen LogP) is 3.01. The highest BCUT2D eigenvalue weighted by Gasteiger charge is 2.72. The molecule has 0 fully saturated rings. The van der Waals surface area contributed by atoms with Crippen molar-refractivity contribution in [3.05, 3.63) is 0 Å². The van der Waals surface area contributed by atoms with Gasteiger partial charge in [-0.2, -0.15) is 0 Å². The van der Waals surface area contributed by atoms with Gasteiger partial charge in [0.2, 0.25) is 0 Å². The fraction of sp³-hybridized carbons (Fsp3) is 1.00. The molecule has 0 aliphatic heterocycles. The third kappa shape index (κ3) is 3.99. The number of hydrogen-bond acceptors (Lipinski definition) is 6. The second kappa shape index (κ2) is 10.1. The normalized spacial score (nSPS) is 13.6. The van der Waals surface area contributed by atoms with Crippen molar-refractivity contribution in [3.8, 4) is 0 Å². The zero-order valence-corrected chi connectivity index (χ0v) is 17.5. The third-order valence-electron chi connectivity index (χ3n) is 4.49. The molecule has 0 aromatic rings. The molecule has 6 nitrogen and oxygen atoms in total. The molecule has 0 amide bonds. The molecule has 22 heavy (non-hydrogen) atoms. The summed E-state index contributed by atoms with van der Waals surface area (Å²) < 4.78 is 34.0. The van der Waals surface area contributed by atoms with E-state index in [0.29, 0.717) is 0 Å². The van der Waals surface area contributed by atoms with Crippen LogP contribution < -0.4 is 0 Å². The zero-order chi connectivity index (χ0) is 17.3. The van der Waals surface area contributed by atoms with Crippen LogP contribution in [0.4, 0.5) is 0 Å². The monoisotopic (exact) mass is 354 g/mol. The molecule has 0 atom stereocenters. The maximum atomic E-state index is 5.76. The van der Waals surface area contributed by atoms with Gasteiger partial charge in [0.25, 0.3) is 0 Å². The highest BCUT2D eigenvalue weighted by molar-refractivity contribution is 6.85. The molecule has 0 unspecified atom stereocenters. The average molecular weight is 355 g/mol. The molecule has 0 saturated heterocycles. The van der Waals surface area contributed by atoms with Gasteiger partial charge in [0, 0.05) is 42.7 Å². The summed E-state index contributed by atoms with van der Waals surface area (Å²) >= 11 is 0. The Bertz CT molecular complexity index is 259. The van der Waals surface area contributed by atoms with E-state index in [-0.39, 0.29) is 0 Å². The van der Waals surface area contributed by atoms with E-state index < -0.39 is 22.3 Å². The van der Waals surface area contributed by atoms with E-state index >= 15 is 0 Å². The molecule has 134 valence electrons. The van der Waals surface area contributed by atoms with Crippen LogP contribution in [0.25, 0.3) is 0 Å². The molecule has 0 heterocycles. The van der Waals surface area contributed by atoms with Crippen molar-refractivity contribution in [3.63, 3.8) is 0 Å². The molecule has 0 rings (SSSR count). The topological polar surface area (TPSA) is 55.4 Å². The van der Waals surface area contributed by atoms with Gasteiger partial charge in [-0.3, -0.25) is 0 Å². The highest BCUT2D eigenvalue weighted by Crippen LogP contribution is 2.51. The summed E-state index contributed by atoms with van der Waals surface area (Å²) in [6.07, 6.45) is 5.32. The quantitative estimate of drug-likeness (QED) is 0.374. The summed E-state index contributed by atoms with van der Waals surface area (Å²) in [6, 6.07) is 0. The zero-order valence-electron chi connectivity index (χ0n) is 15.5. The van der Waals surface area contributed by atoms with Gasteiger partial charge in [-0.25, -0.2) is 0 Å². The second-order valence-electron chi connectivity index (χ2n) is 5.48. The Morgan fingerprint density at radius 3 is 1.27 bits per heavy atom. The second-order valence-corrected chi connectivity index (χ2v) is 12.9. The van der Waals surface area contributed by atoms with Crippen LogP contribution >= 0.6 is 0 Å². The largest absolute Gasteiger partial charge is 0.510 e. The molecule has 0 N–H and O–H groups in total. The van der Waals surface area contributed by atoms with Gasteiger partial charge in [0.1, 0.15) is 4.66 Å². The van der Waals surface area contributed by atoms with Crippen molar-refractivity contribution in [2.45, 2.75) is 50.6 Å². The predicted molar refractivity (Wildman–Crippen MR) is 90.7 cm³/mol. The van der Waals surface area contributed by atoms with E-state index in [4.69, 9.17) is 26.6 Å². The van der Waals surface area contributed by atoms with E-state index in [1.807, 2.05) is 6.92 Å². The van der Waals surface area contributed by atoms with Crippen LogP contribution in [0.2, 0.25) is 4.66 Å². The summed E-state index contributed by atoms with van der Waals surface area (Å²) in [5, 5.41) is 0. The minimum Gasteiger partial charge on any atom is -0.377 e. The fourth-order valence-corrected chi connectivity index (χ4v) is 11.3. The van der Waals surface area contributed by atoms with Crippen molar-refractivity contribution < 1.29 is 26.6 Å². The Labute approximate surface area is 138 Å². The lowest BCUT2D eigenvalue weighted by molar-refractivity contribution is 0.0547. The SMILES string of the molecule is CCCCCCC(C)([Si](OC)(OC)OC)[Si](OC)(OC)OC. The van der Waals surface area contributed by atoms with Crippen LogP contribution in [0.1, 0.15) is 46.0 Å². The molecule has 0 aliphatic rings. The first-order chi connectivity index (χ1) is 10.4. The average Bonchev–Trinajstić information content (AvgIpc) is 2.56. The van der Waals surface area contributed by atoms with E-state index in [1.165, 1.54) is 12.8 Å². The van der Waals surface area contributed by atoms with Crippen molar-refractivity contribution in [2.24, 2.45) is 0 Å². The first-order valence-corrected chi connectivity index (χ1v) is 11.2. The summed E-state index contributed by atoms with van der Waals surface area (Å²) in [7, 11) is 3.60. The van der Waals surface area contributed by atoms with Crippen molar-refractivity contribution in [2.75, 3.05) is 42.7 Å². The van der Waals surface area contributed by atoms with E-state index in [1.54, 1.807) is 42.7 Å². The first-order valence-electron chi connectivity index (χ1n) is 7.73. The van der Waals surface area contributed by atoms with E-state index in [2.05, 4.69) is 6.92 Å². The molecular weight excluding hydrogens is 320 g/mol. The Kier molecular flexibility index (Phi) is 10.2. The summed E-state index contributed by atoms with van der Waals surface area (Å²) in [6.45, 7) is 4.24. The van der Waals surface area contributed by atoms with Gasteiger partial charge in [0.05, 0.1) is 0 Å². The number of rotatable bonds is 13. The summed E-state index contributed by atoms with van der Waals surface area (Å²) in [5.74, 6) is 0. The molecule has 0 saturated carbocycles. The molecule has 0 aromatic heterocycles. The molecule has 0 spiro atoms. The Morgan fingerprint density at radius 2 is 1.00 bits per heavy atom. The highest BCUT2D eigenvalue weighted by atomic mass is 28.5. The fourth-order valence-electron chi connectivity index (χ4n) is 3.25. The molecule has 0 radical (unpaired) electrons. The maximum absolute atomic E-state index is 5.76. The molecule has 0 bridgehead atoms. The maximum Gasteiger partial charge on any atom is 0.510 e. The van der Waals surface area contributed by atoms with Gasteiger partial charge in [-0.1, -0.05) is 39.5 Å². The summed E-state index contributed by atoms with van der Waals surface area (Å²) in [4.78, 5) is 0. The number of unbranched alkanes of at least 4 members (excludes halogenated alkanes) is 3. The first kappa shape index (κ1) is 22.2. The van der Waals surface area contributed by atoms with Crippen molar-refractivity contribution in [1.29, 1.82) is 0 Å². The van der Waals surface area contributed by atoms with Crippen molar-refractivity contribution >= 4 is 17.6 Å². The Balaban J connectivity index is 5.72. The number of hydrogen-bond donors (Lipinski definition) is 0. The minimum absolute atomic E-state index is 0.579. The van der Waals surface area contributed by atoms with Crippen LogP contribution in [-0.4, -0.2) is 60.3 Å². The lowest BCUT2D eigenvalue weighted by Gasteiger charge is -2.47. The van der Waals surface area contributed by atoms with E-state index in [0.717, 1.165) is 19.3 Å². The van der Waals surface area contributed by atoms with Crippen LogP contribution in [0.15, 0.2) is 0 Å². The minimum atomic E-state index is -3.04. The van der Waals surface area contributed by atoms with Gasteiger partial charge in [-0.05, 0) is 6.42 Å².